The summed E-state index contributed by atoms with van der Waals surface area (Å²) in [5.74, 6) is 0.186. The Morgan fingerprint density at radius 2 is 2.07 bits per heavy atom. The Kier molecular flexibility index (Phi) is 5.50. The van der Waals surface area contributed by atoms with Crippen LogP contribution >= 0.6 is 0 Å². The minimum atomic E-state index is -0.473. The van der Waals surface area contributed by atoms with E-state index in [1.165, 1.54) is 11.6 Å². The van der Waals surface area contributed by atoms with Gasteiger partial charge in [-0.05, 0) is 83.6 Å². The van der Waals surface area contributed by atoms with E-state index in [9.17, 15) is 9.18 Å². The summed E-state index contributed by atoms with van der Waals surface area (Å²) in [6.07, 6.45) is 4.90. The first kappa shape index (κ1) is 19.7. The number of carbonyl (C=O) groups is 1. The first-order valence-electron chi connectivity index (χ1n) is 9.91. The van der Waals surface area contributed by atoms with E-state index in [4.69, 9.17) is 4.74 Å². The van der Waals surface area contributed by atoms with E-state index >= 15 is 0 Å². The number of hydrogen-bond acceptors (Lipinski definition) is 2. The highest BCUT2D eigenvalue weighted by atomic mass is 19.1. The maximum absolute atomic E-state index is 13.8. The number of nitrogens with zero attached hydrogens (tertiary/aromatic N) is 2. The molecule has 2 aromatic rings. The van der Waals surface area contributed by atoms with Gasteiger partial charge in [0.1, 0.15) is 11.4 Å². The number of carbonyl (C=O) groups excluding carboxylic acids is 1. The highest BCUT2D eigenvalue weighted by Gasteiger charge is 2.28. The number of piperidine rings is 1. The second-order valence-corrected chi connectivity index (χ2v) is 8.96. The maximum atomic E-state index is 13.8. The van der Waals surface area contributed by atoms with Gasteiger partial charge in [-0.25, -0.2) is 9.18 Å². The van der Waals surface area contributed by atoms with Gasteiger partial charge in [-0.3, -0.25) is 0 Å². The second-order valence-electron chi connectivity index (χ2n) is 8.96. The zero-order valence-electron chi connectivity index (χ0n) is 17.1. The second kappa shape index (κ2) is 7.53. The molecule has 1 amide bonds. The number of aromatic nitrogens is 1. The van der Waals surface area contributed by atoms with Crippen molar-refractivity contribution in [3.05, 3.63) is 35.8 Å². The van der Waals surface area contributed by atoms with Crippen molar-refractivity contribution in [2.45, 2.75) is 65.5 Å². The lowest BCUT2D eigenvalue weighted by Crippen LogP contribution is -2.43. The average molecular weight is 375 g/mol. The molecule has 0 saturated carbocycles. The lowest BCUT2D eigenvalue weighted by Gasteiger charge is -2.34. The van der Waals surface area contributed by atoms with Crippen LogP contribution in [0.5, 0.6) is 0 Å². The molecule has 0 spiro atoms. The van der Waals surface area contributed by atoms with E-state index in [1.807, 2.05) is 31.7 Å². The van der Waals surface area contributed by atoms with E-state index in [0.29, 0.717) is 12.5 Å². The normalized spacial score (nSPS) is 18.3. The predicted octanol–water partition coefficient (Wildman–Crippen LogP) is 5.55. The number of ether oxygens (including phenoxy) is 1. The van der Waals surface area contributed by atoms with E-state index < -0.39 is 5.60 Å². The smallest absolute Gasteiger partial charge is 0.410 e. The van der Waals surface area contributed by atoms with Gasteiger partial charge in [-0.1, -0.05) is 0 Å². The molecule has 1 aromatic heterocycles. The SMILES string of the molecule is CC(C)n1cc(C[C@H]2CCCN(C(=O)OC(C)(C)C)C2)c2ccc(F)cc21. The molecule has 148 valence electrons. The molecule has 1 fully saturated rings. The van der Waals surface area contributed by atoms with Crippen molar-refractivity contribution in [3.8, 4) is 0 Å². The molecule has 2 heterocycles. The topological polar surface area (TPSA) is 34.5 Å². The Balaban J connectivity index is 1.78. The average Bonchev–Trinajstić information content (AvgIpc) is 2.91. The zero-order valence-corrected chi connectivity index (χ0v) is 17.1. The zero-order chi connectivity index (χ0) is 19.8. The third kappa shape index (κ3) is 4.63. The van der Waals surface area contributed by atoms with Crippen molar-refractivity contribution < 1.29 is 13.9 Å². The molecule has 1 aliphatic rings. The summed E-state index contributed by atoms with van der Waals surface area (Å²) < 4.78 is 21.4. The quantitative estimate of drug-likeness (QED) is 0.706. The molecule has 0 N–H and O–H groups in total. The number of fused-ring (bicyclic) bond motifs is 1. The van der Waals surface area contributed by atoms with Crippen LogP contribution in [0.2, 0.25) is 0 Å². The fourth-order valence-corrected chi connectivity index (χ4v) is 3.92. The molecule has 4 nitrogen and oxygen atoms in total. The van der Waals surface area contributed by atoms with Gasteiger partial charge in [-0.2, -0.15) is 0 Å². The molecule has 1 atom stereocenters. The van der Waals surface area contributed by atoms with Crippen LogP contribution in [-0.2, 0) is 11.2 Å². The highest BCUT2D eigenvalue weighted by molar-refractivity contribution is 5.84. The summed E-state index contributed by atoms with van der Waals surface area (Å²) >= 11 is 0. The molecule has 1 saturated heterocycles. The van der Waals surface area contributed by atoms with Crippen LogP contribution in [-0.4, -0.2) is 34.3 Å². The largest absolute Gasteiger partial charge is 0.444 e. The molecule has 27 heavy (non-hydrogen) atoms. The lowest BCUT2D eigenvalue weighted by molar-refractivity contribution is 0.0166. The first-order valence-corrected chi connectivity index (χ1v) is 9.91. The molecule has 0 radical (unpaired) electrons. The molecular formula is C22H31FN2O2. The van der Waals surface area contributed by atoms with Crippen molar-refractivity contribution in [2.75, 3.05) is 13.1 Å². The van der Waals surface area contributed by atoms with Crippen molar-refractivity contribution in [1.82, 2.24) is 9.47 Å². The minimum absolute atomic E-state index is 0.206. The molecule has 3 rings (SSSR count). The Labute approximate surface area is 161 Å². The number of benzene rings is 1. The van der Waals surface area contributed by atoms with Gasteiger partial charge in [0.2, 0.25) is 0 Å². The van der Waals surface area contributed by atoms with Gasteiger partial charge in [0, 0.05) is 30.7 Å². The third-order valence-electron chi connectivity index (χ3n) is 5.11. The number of likely N-dealkylation sites (tertiary alicyclic amines) is 1. The van der Waals surface area contributed by atoms with Crippen LogP contribution in [0.4, 0.5) is 9.18 Å². The summed E-state index contributed by atoms with van der Waals surface area (Å²) in [5.41, 5.74) is 1.70. The van der Waals surface area contributed by atoms with Crippen molar-refractivity contribution >= 4 is 17.0 Å². The summed E-state index contributed by atoms with van der Waals surface area (Å²) in [7, 11) is 0. The highest BCUT2D eigenvalue weighted by Crippen LogP contribution is 2.30. The summed E-state index contributed by atoms with van der Waals surface area (Å²) in [6, 6.07) is 5.30. The molecule has 1 aliphatic heterocycles. The molecule has 0 unspecified atom stereocenters. The Hall–Kier alpha value is -2.04. The molecule has 0 aliphatic carbocycles. The van der Waals surface area contributed by atoms with Crippen LogP contribution in [0, 0.1) is 11.7 Å². The Morgan fingerprint density at radius 3 is 2.74 bits per heavy atom. The summed E-state index contributed by atoms with van der Waals surface area (Å²) in [6.45, 7) is 11.4. The van der Waals surface area contributed by atoms with Gasteiger partial charge >= 0.3 is 6.09 Å². The molecule has 0 bridgehead atoms. The van der Waals surface area contributed by atoms with Crippen LogP contribution < -0.4 is 0 Å². The Bertz CT molecular complexity index is 820. The first-order chi connectivity index (χ1) is 12.6. The van der Waals surface area contributed by atoms with Crippen LogP contribution in [0.25, 0.3) is 10.9 Å². The van der Waals surface area contributed by atoms with E-state index in [-0.39, 0.29) is 18.0 Å². The molecule has 5 heteroatoms. The van der Waals surface area contributed by atoms with Gasteiger partial charge in [0.25, 0.3) is 0 Å². The van der Waals surface area contributed by atoms with Gasteiger partial charge in [0.05, 0.1) is 5.52 Å². The number of halogens is 1. The Morgan fingerprint density at radius 1 is 1.33 bits per heavy atom. The van der Waals surface area contributed by atoms with Crippen molar-refractivity contribution in [2.24, 2.45) is 5.92 Å². The predicted molar refractivity (Wildman–Crippen MR) is 107 cm³/mol. The summed E-state index contributed by atoms with van der Waals surface area (Å²) in [5, 5.41) is 1.11. The lowest BCUT2D eigenvalue weighted by atomic mass is 9.91. The number of rotatable bonds is 3. The third-order valence-corrected chi connectivity index (χ3v) is 5.11. The van der Waals surface area contributed by atoms with Gasteiger partial charge in [-0.15, -0.1) is 0 Å². The van der Waals surface area contributed by atoms with Gasteiger partial charge in [0.15, 0.2) is 0 Å². The molecule has 1 aromatic carbocycles. The van der Waals surface area contributed by atoms with E-state index in [0.717, 1.165) is 36.7 Å². The van der Waals surface area contributed by atoms with Gasteiger partial charge < -0.3 is 14.2 Å². The number of amides is 1. The standard InChI is InChI=1S/C22H31FN2O2/c1-15(2)25-14-17(19-9-8-18(23)12-20(19)25)11-16-7-6-10-24(13-16)21(26)27-22(3,4)5/h8-9,12,14-16H,6-7,10-11,13H2,1-5H3/t16-/m1/s1. The van der Waals surface area contributed by atoms with Crippen molar-refractivity contribution in [1.29, 1.82) is 0 Å². The maximum Gasteiger partial charge on any atom is 0.410 e. The number of hydrogen-bond donors (Lipinski definition) is 0. The monoisotopic (exact) mass is 374 g/mol. The fraction of sp³-hybridized carbons (Fsp3) is 0.591. The molecular weight excluding hydrogens is 343 g/mol. The van der Waals surface area contributed by atoms with Crippen LogP contribution in [0.15, 0.2) is 24.4 Å². The van der Waals surface area contributed by atoms with Crippen molar-refractivity contribution in [3.63, 3.8) is 0 Å². The summed E-state index contributed by atoms with van der Waals surface area (Å²) in [4.78, 5) is 14.2. The van der Waals surface area contributed by atoms with E-state index in [2.05, 4.69) is 24.6 Å². The van der Waals surface area contributed by atoms with Crippen LogP contribution in [0.3, 0.4) is 0 Å². The van der Waals surface area contributed by atoms with E-state index in [1.54, 1.807) is 6.07 Å². The van der Waals surface area contributed by atoms with Crippen LogP contribution in [0.1, 0.15) is 59.1 Å². The fourth-order valence-electron chi connectivity index (χ4n) is 3.92. The minimum Gasteiger partial charge on any atom is -0.444 e.